The Bertz CT molecular complexity index is 683. The first-order valence-electron chi connectivity index (χ1n) is 6.10. The van der Waals surface area contributed by atoms with Gasteiger partial charge in [0.1, 0.15) is 5.75 Å². The van der Waals surface area contributed by atoms with E-state index in [2.05, 4.69) is 15.3 Å². The van der Waals surface area contributed by atoms with Crippen LogP contribution in [0.15, 0.2) is 30.3 Å². The number of nitrogens with zero attached hydrogens (tertiary/aromatic N) is 3. The molecule has 0 aliphatic carbocycles. The maximum absolute atomic E-state index is 5.64. The van der Waals surface area contributed by atoms with Crippen molar-refractivity contribution in [1.29, 1.82) is 0 Å². The van der Waals surface area contributed by atoms with E-state index < -0.39 is 0 Å². The van der Waals surface area contributed by atoms with Gasteiger partial charge in [-0.05, 0) is 31.2 Å². The van der Waals surface area contributed by atoms with E-state index >= 15 is 0 Å². The number of hydrogen-bond acceptors (Lipinski definition) is 4. The van der Waals surface area contributed by atoms with Gasteiger partial charge in [0, 0.05) is 23.9 Å². The zero-order valence-electron chi connectivity index (χ0n) is 10.6. The molecule has 0 aliphatic rings. The third-order valence-corrected chi connectivity index (χ3v) is 2.86. The van der Waals surface area contributed by atoms with Crippen LogP contribution in [-0.4, -0.2) is 26.4 Å². The van der Waals surface area contributed by atoms with Crippen LogP contribution in [0.3, 0.4) is 0 Å². The van der Waals surface area contributed by atoms with Crippen LogP contribution in [0.5, 0.6) is 5.75 Å². The SMILES string of the molecule is Cc1cc2nnc(CCOc3ccc(N)cc3)n2[nH]1. The Morgan fingerprint density at radius 1 is 1.26 bits per heavy atom. The highest BCUT2D eigenvalue weighted by Gasteiger charge is 2.07. The Kier molecular flexibility index (Phi) is 2.83. The van der Waals surface area contributed by atoms with E-state index in [1.807, 2.05) is 41.8 Å². The van der Waals surface area contributed by atoms with Crippen molar-refractivity contribution in [2.45, 2.75) is 13.3 Å². The molecule has 0 saturated heterocycles. The predicted molar refractivity (Wildman–Crippen MR) is 72.1 cm³/mol. The fraction of sp³-hybridized carbons (Fsp3) is 0.231. The lowest BCUT2D eigenvalue weighted by Crippen LogP contribution is -2.05. The second kappa shape index (κ2) is 4.64. The van der Waals surface area contributed by atoms with Crippen LogP contribution in [-0.2, 0) is 6.42 Å². The fourth-order valence-electron chi connectivity index (χ4n) is 1.93. The molecule has 0 spiro atoms. The Hall–Kier alpha value is -2.50. The van der Waals surface area contributed by atoms with Gasteiger partial charge in [0.2, 0.25) is 0 Å². The number of hydrogen-bond donors (Lipinski definition) is 2. The highest BCUT2D eigenvalue weighted by atomic mass is 16.5. The normalized spacial score (nSPS) is 11.0. The number of ether oxygens (including phenoxy) is 1. The van der Waals surface area contributed by atoms with Gasteiger partial charge in [-0.15, -0.1) is 10.2 Å². The van der Waals surface area contributed by atoms with Crippen molar-refractivity contribution in [2.75, 3.05) is 12.3 Å². The van der Waals surface area contributed by atoms with Crippen molar-refractivity contribution in [2.24, 2.45) is 0 Å². The largest absolute Gasteiger partial charge is 0.493 e. The lowest BCUT2D eigenvalue weighted by molar-refractivity contribution is 0.318. The number of fused-ring (bicyclic) bond motifs is 1. The molecule has 0 radical (unpaired) electrons. The molecule has 3 aromatic rings. The molecule has 98 valence electrons. The lowest BCUT2D eigenvalue weighted by atomic mass is 10.3. The van der Waals surface area contributed by atoms with Crippen LogP contribution in [0.25, 0.3) is 5.65 Å². The number of nitrogens with one attached hydrogen (secondary N) is 1. The molecule has 0 amide bonds. The van der Waals surface area contributed by atoms with E-state index in [-0.39, 0.29) is 0 Å². The van der Waals surface area contributed by atoms with Gasteiger partial charge in [0.15, 0.2) is 11.5 Å². The zero-order chi connectivity index (χ0) is 13.2. The molecular weight excluding hydrogens is 242 g/mol. The number of aryl methyl sites for hydroxylation is 1. The minimum absolute atomic E-state index is 0.544. The second-order valence-electron chi connectivity index (χ2n) is 4.42. The summed E-state index contributed by atoms with van der Waals surface area (Å²) in [6.45, 7) is 2.53. The summed E-state index contributed by atoms with van der Waals surface area (Å²) in [6.07, 6.45) is 0.686. The number of H-pyrrole nitrogens is 1. The average molecular weight is 257 g/mol. The van der Waals surface area contributed by atoms with E-state index in [9.17, 15) is 0 Å². The van der Waals surface area contributed by atoms with Crippen molar-refractivity contribution in [1.82, 2.24) is 19.8 Å². The van der Waals surface area contributed by atoms with Crippen LogP contribution in [0, 0.1) is 6.92 Å². The van der Waals surface area contributed by atoms with Crippen LogP contribution in [0.1, 0.15) is 11.5 Å². The molecule has 3 rings (SSSR count). The molecule has 19 heavy (non-hydrogen) atoms. The van der Waals surface area contributed by atoms with Gasteiger partial charge in [-0.3, -0.25) is 5.10 Å². The summed E-state index contributed by atoms with van der Waals surface area (Å²) < 4.78 is 7.52. The summed E-state index contributed by atoms with van der Waals surface area (Å²) >= 11 is 0. The minimum atomic E-state index is 0.544. The van der Waals surface area contributed by atoms with Gasteiger partial charge in [0.05, 0.1) is 6.61 Å². The predicted octanol–water partition coefficient (Wildman–Crippen LogP) is 1.57. The first-order valence-corrected chi connectivity index (χ1v) is 6.10. The number of rotatable bonds is 4. The number of anilines is 1. The van der Waals surface area contributed by atoms with Crippen LogP contribution in [0.2, 0.25) is 0 Å². The van der Waals surface area contributed by atoms with E-state index in [0.717, 1.165) is 28.6 Å². The van der Waals surface area contributed by atoms with E-state index in [0.29, 0.717) is 13.0 Å². The van der Waals surface area contributed by atoms with Gasteiger partial charge in [-0.1, -0.05) is 0 Å². The van der Waals surface area contributed by atoms with Gasteiger partial charge in [0.25, 0.3) is 0 Å². The fourth-order valence-corrected chi connectivity index (χ4v) is 1.93. The first-order chi connectivity index (χ1) is 9.22. The Morgan fingerprint density at radius 2 is 2.05 bits per heavy atom. The quantitative estimate of drug-likeness (QED) is 0.695. The summed E-state index contributed by atoms with van der Waals surface area (Å²) in [5.74, 6) is 1.66. The van der Waals surface area contributed by atoms with E-state index in [1.165, 1.54) is 0 Å². The number of aromatic nitrogens is 4. The second-order valence-corrected chi connectivity index (χ2v) is 4.42. The van der Waals surface area contributed by atoms with Crippen LogP contribution in [0.4, 0.5) is 5.69 Å². The molecule has 0 bridgehead atoms. The van der Waals surface area contributed by atoms with E-state index in [1.54, 1.807) is 0 Å². The molecule has 0 aliphatic heterocycles. The third kappa shape index (κ3) is 2.37. The highest BCUT2D eigenvalue weighted by Crippen LogP contribution is 2.13. The molecule has 0 atom stereocenters. The van der Waals surface area contributed by atoms with Crippen molar-refractivity contribution in [3.63, 3.8) is 0 Å². The lowest BCUT2D eigenvalue weighted by Gasteiger charge is -2.05. The number of nitrogens with two attached hydrogens (primary N) is 1. The Morgan fingerprint density at radius 3 is 2.84 bits per heavy atom. The smallest absolute Gasteiger partial charge is 0.177 e. The maximum atomic E-state index is 5.64. The zero-order valence-corrected chi connectivity index (χ0v) is 10.6. The van der Waals surface area contributed by atoms with Crippen molar-refractivity contribution < 1.29 is 4.74 Å². The molecule has 1 aromatic carbocycles. The summed E-state index contributed by atoms with van der Waals surface area (Å²) in [7, 11) is 0. The number of benzene rings is 1. The summed E-state index contributed by atoms with van der Waals surface area (Å²) in [6, 6.07) is 9.30. The van der Waals surface area contributed by atoms with Crippen LogP contribution >= 0.6 is 0 Å². The standard InChI is InChI=1S/C13H15N5O/c1-9-8-13-16-15-12(18(13)17-9)6-7-19-11-4-2-10(14)3-5-11/h2-5,8,17H,6-7,14H2,1H3. The molecule has 2 aromatic heterocycles. The summed E-state index contributed by atoms with van der Waals surface area (Å²) in [5.41, 5.74) is 8.24. The number of nitrogen functional groups attached to an aromatic ring is 1. The van der Waals surface area contributed by atoms with E-state index in [4.69, 9.17) is 10.5 Å². The molecule has 2 heterocycles. The highest BCUT2D eigenvalue weighted by molar-refractivity contribution is 5.41. The number of aromatic amines is 1. The van der Waals surface area contributed by atoms with Crippen molar-refractivity contribution in [3.8, 4) is 5.75 Å². The molecule has 0 saturated carbocycles. The Balaban J connectivity index is 1.64. The third-order valence-electron chi connectivity index (χ3n) is 2.86. The summed E-state index contributed by atoms with van der Waals surface area (Å²) in [4.78, 5) is 0. The monoisotopic (exact) mass is 257 g/mol. The molecule has 0 fully saturated rings. The van der Waals surface area contributed by atoms with Gasteiger partial charge >= 0.3 is 0 Å². The molecule has 6 nitrogen and oxygen atoms in total. The molecular formula is C13H15N5O. The van der Waals surface area contributed by atoms with Gasteiger partial charge < -0.3 is 10.5 Å². The summed E-state index contributed by atoms with van der Waals surface area (Å²) in [5, 5.41) is 11.4. The topological polar surface area (TPSA) is 81.2 Å². The van der Waals surface area contributed by atoms with Crippen molar-refractivity contribution >= 4 is 11.3 Å². The molecule has 0 unspecified atom stereocenters. The molecule has 6 heteroatoms. The van der Waals surface area contributed by atoms with Gasteiger partial charge in [-0.25, -0.2) is 4.52 Å². The molecule has 3 N–H and O–H groups in total. The van der Waals surface area contributed by atoms with Crippen molar-refractivity contribution in [3.05, 3.63) is 41.9 Å². The first kappa shape index (κ1) is 11.6. The Labute approximate surface area is 110 Å². The maximum Gasteiger partial charge on any atom is 0.177 e. The minimum Gasteiger partial charge on any atom is -0.493 e. The van der Waals surface area contributed by atoms with Gasteiger partial charge in [-0.2, -0.15) is 0 Å². The average Bonchev–Trinajstić information content (AvgIpc) is 2.92. The van der Waals surface area contributed by atoms with Crippen LogP contribution < -0.4 is 10.5 Å².